The molecule has 72 valence electrons. The molecule has 0 unspecified atom stereocenters. The smallest absolute Gasteiger partial charge is 0.352 e. The summed E-state index contributed by atoms with van der Waals surface area (Å²) in [5.41, 5.74) is -0.456. The lowest BCUT2D eigenvalue weighted by molar-refractivity contribution is 0.310. The van der Waals surface area contributed by atoms with Gasteiger partial charge in [0.05, 0.1) is 6.61 Å². The van der Waals surface area contributed by atoms with Crippen LogP contribution in [0.15, 0.2) is 4.79 Å². The SMILES string of the molecule is CCOc1nc(N(C)C)[nH]c(=O)n1. The zero-order valence-corrected chi connectivity index (χ0v) is 7.87. The van der Waals surface area contributed by atoms with Gasteiger partial charge in [-0.15, -0.1) is 4.98 Å². The highest BCUT2D eigenvalue weighted by Crippen LogP contribution is 2.03. The van der Waals surface area contributed by atoms with Gasteiger partial charge in [-0.05, 0) is 6.92 Å². The summed E-state index contributed by atoms with van der Waals surface area (Å²) in [5.74, 6) is 0.434. The monoisotopic (exact) mass is 184 g/mol. The topological polar surface area (TPSA) is 71.1 Å². The van der Waals surface area contributed by atoms with E-state index in [1.165, 1.54) is 0 Å². The Hall–Kier alpha value is -1.59. The first-order valence-corrected chi connectivity index (χ1v) is 3.92. The normalized spacial score (nSPS) is 9.77. The molecule has 1 rings (SSSR count). The van der Waals surface area contributed by atoms with E-state index in [1.807, 2.05) is 0 Å². The number of ether oxygens (including phenoxy) is 1. The fourth-order valence-electron chi connectivity index (χ4n) is 0.759. The van der Waals surface area contributed by atoms with Gasteiger partial charge in [-0.3, -0.25) is 4.98 Å². The second-order valence-electron chi connectivity index (χ2n) is 2.59. The van der Waals surface area contributed by atoms with Crippen molar-refractivity contribution in [2.75, 3.05) is 25.6 Å². The van der Waals surface area contributed by atoms with Crippen molar-refractivity contribution in [2.24, 2.45) is 0 Å². The number of aromatic amines is 1. The Labute approximate surface area is 75.6 Å². The molecule has 1 N–H and O–H groups in total. The van der Waals surface area contributed by atoms with Crippen LogP contribution in [0.4, 0.5) is 5.95 Å². The zero-order valence-electron chi connectivity index (χ0n) is 7.87. The molecule has 0 aliphatic rings. The molecule has 1 aromatic rings. The van der Waals surface area contributed by atoms with E-state index in [2.05, 4.69) is 15.0 Å². The molecular formula is C7H12N4O2. The van der Waals surface area contributed by atoms with Crippen molar-refractivity contribution in [1.82, 2.24) is 15.0 Å². The van der Waals surface area contributed by atoms with Crippen LogP contribution in [-0.4, -0.2) is 35.7 Å². The van der Waals surface area contributed by atoms with Gasteiger partial charge in [0.2, 0.25) is 5.95 Å². The summed E-state index contributed by atoms with van der Waals surface area (Å²) >= 11 is 0. The molecule has 0 aliphatic carbocycles. The average Bonchev–Trinajstić information content (AvgIpc) is 2.03. The Bertz CT molecular complexity index is 334. The molecule has 0 atom stereocenters. The molecule has 13 heavy (non-hydrogen) atoms. The van der Waals surface area contributed by atoms with Gasteiger partial charge in [-0.25, -0.2) is 4.79 Å². The number of anilines is 1. The second kappa shape index (κ2) is 3.88. The van der Waals surface area contributed by atoms with Crippen LogP contribution >= 0.6 is 0 Å². The molecular weight excluding hydrogens is 172 g/mol. The largest absolute Gasteiger partial charge is 0.464 e. The van der Waals surface area contributed by atoms with Crippen molar-refractivity contribution >= 4 is 5.95 Å². The molecule has 6 heteroatoms. The maximum atomic E-state index is 11.0. The first kappa shape index (κ1) is 9.50. The molecule has 0 saturated heterocycles. The molecule has 0 aromatic carbocycles. The van der Waals surface area contributed by atoms with Gasteiger partial charge in [0.1, 0.15) is 0 Å². The molecule has 1 aromatic heterocycles. The minimum absolute atomic E-state index is 0.106. The third-order valence-corrected chi connectivity index (χ3v) is 1.31. The Balaban J connectivity index is 3.04. The van der Waals surface area contributed by atoms with Crippen LogP contribution in [-0.2, 0) is 0 Å². The maximum absolute atomic E-state index is 11.0. The molecule has 0 spiro atoms. The Morgan fingerprint density at radius 2 is 2.15 bits per heavy atom. The van der Waals surface area contributed by atoms with E-state index in [0.717, 1.165) is 0 Å². The van der Waals surface area contributed by atoms with E-state index in [4.69, 9.17) is 4.74 Å². The Morgan fingerprint density at radius 3 is 2.69 bits per heavy atom. The molecule has 6 nitrogen and oxygen atoms in total. The molecule has 1 heterocycles. The lowest BCUT2D eigenvalue weighted by atomic mass is 10.8. The predicted octanol–water partition coefficient (Wildman–Crippen LogP) is -0.370. The molecule has 0 bridgehead atoms. The molecule has 0 aliphatic heterocycles. The number of H-pyrrole nitrogens is 1. The summed E-state index contributed by atoms with van der Waals surface area (Å²) < 4.78 is 5.01. The first-order valence-electron chi connectivity index (χ1n) is 3.92. The number of nitrogens with zero attached hydrogens (tertiary/aromatic N) is 3. The van der Waals surface area contributed by atoms with E-state index < -0.39 is 5.69 Å². The highest BCUT2D eigenvalue weighted by atomic mass is 16.5. The van der Waals surface area contributed by atoms with Crippen molar-refractivity contribution in [1.29, 1.82) is 0 Å². The number of hydrogen-bond acceptors (Lipinski definition) is 5. The van der Waals surface area contributed by atoms with Gasteiger partial charge in [0, 0.05) is 14.1 Å². The summed E-state index contributed by atoms with van der Waals surface area (Å²) in [6.45, 7) is 2.25. The lowest BCUT2D eigenvalue weighted by Gasteiger charge is -2.10. The van der Waals surface area contributed by atoms with Gasteiger partial charge in [-0.2, -0.15) is 4.98 Å². The summed E-state index contributed by atoms with van der Waals surface area (Å²) in [7, 11) is 3.54. The van der Waals surface area contributed by atoms with Gasteiger partial charge < -0.3 is 9.64 Å². The van der Waals surface area contributed by atoms with Crippen LogP contribution in [0.25, 0.3) is 0 Å². The second-order valence-corrected chi connectivity index (χ2v) is 2.59. The molecule has 0 radical (unpaired) electrons. The van der Waals surface area contributed by atoms with Gasteiger partial charge in [0.15, 0.2) is 0 Å². The van der Waals surface area contributed by atoms with Crippen molar-refractivity contribution in [2.45, 2.75) is 6.92 Å². The van der Waals surface area contributed by atoms with Crippen LogP contribution < -0.4 is 15.3 Å². The highest BCUT2D eigenvalue weighted by molar-refractivity contribution is 5.25. The summed E-state index contributed by atoms with van der Waals surface area (Å²) in [5, 5.41) is 0. The van der Waals surface area contributed by atoms with Gasteiger partial charge in [0.25, 0.3) is 0 Å². The van der Waals surface area contributed by atoms with E-state index in [1.54, 1.807) is 25.9 Å². The van der Waals surface area contributed by atoms with Crippen LogP contribution in [0.5, 0.6) is 6.01 Å². The van der Waals surface area contributed by atoms with Crippen LogP contribution in [0.1, 0.15) is 6.92 Å². The summed E-state index contributed by atoms with van der Waals surface area (Å²) in [4.78, 5) is 22.6. The molecule has 0 fully saturated rings. The first-order chi connectivity index (χ1) is 6.13. The van der Waals surface area contributed by atoms with Crippen molar-refractivity contribution < 1.29 is 4.74 Å². The van der Waals surface area contributed by atoms with Crippen LogP contribution in [0, 0.1) is 0 Å². The lowest BCUT2D eigenvalue weighted by Crippen LogP contribution is -2.21. The van der Waals surface area contributed by atoms with Crippen molar-refractivity contribution in [3.8, 4) is 6.01 Å². The molecule has 0 saturated carbocycles. The van der Waals surface area contributed by atoms with Crippen molar-refractivity contribution in [3.63, 3.8) is 0 Å². The van der Waals surface area contributed by atoms with E-state index in [9.17, 15) is 4.79 Å². The predicted molar refractivity (Wildman–Crippen MR) is 48.1 cm³/mol. The third kappa shape index (κ3) is 2.43. The fourth-order valence-corrected chi connectivity index (χ4v) is 0.759. The van der Waals surface area contributed by atoms with Crippen LogP contribution in [0.3, 0.4) is 0 Å². The van der Waals surface area contributed by atoms with Crippen LogP contribution in [0.2, 0.25) is 0 Å². The number of rotatable bonds is 3. The zero-order chi connectivity index (χ0) is 9.84. The van der Waals surface area contributed by atoms with Gasteiger partial charge >= 0.3 is 11.7 Å². The third-order valence-electron chi connectivity index (χ3n) is 1.31. The highest BCUT2D eigenvalue weighted by Gasteiger charge is 2.03. The maximum Gasteiger partial charge on any atom is 0.352 e. The number of aromatic nitrogens is 3. The summed E-state index contributed by atoms with van der Waals surface area (Å²) in [6, 6.07) is 0.106. The Morgan fingerprint density at radius 1 is 1.46 bits per heavy atom. The van der Waals surface area contributed by atoms with E-state index in [0.29, 0.717) is 12.6 Å². The fraction of sp³-hybridized carbons (Fsp3) is 0.571. The Kier molecular flexibility index (Phi) is 2.84. The van der Waals surface area contributed by atoms with E-state index >= 15 is 0 Å². The molecule has 0 amide bonds. The van der Waals surface area contributed by atoms with Gasteiger partial charge in [-0.1, -0.05) is 0 Å². The quantitative estimate of drug-likeness (QED) is 0.694. The van der Waals surface area contributed by atoms with E-state index in [-0.39, 0.29) is 6.01 Å². The van der Waals surface area contributed by atoms with Crippen molar-refractivity contribution in [3.05, 3.63) is 10.5 Å². The minimum Gasteiger partial charge on any atom is -0.464 e. The standard InChI is InChI=1S/C7H12N4O2/c1-4-13-7-9-5(11(2)3)8-6(12)10-7/h4H2,1-3H3,(H,8,9,10,12). The minimum atomic E-state index is -0.456. The average molecular weight is 184 g/mol. The summed E-state index contributed by atoms with van der Waals surface area (Å²) in [6.07, 6.45) is 0. The number of nitrogens with one attached hydrogen (secondary N) is 1. The number of hydrogen-bond donors (Lipinski definition) is 1.